The van der Waals surface area contributed by atoms with Gasteiger partial charge in [0.15, 0.2) is 0 Å². The van der Waals surface area contributed by atoms with Gasteiger partial charge in [-0.15, -0.1) is 11.6 Å². The second kappa shape index (κ2) is 16.4. The number of carbonyl (C=O) groups excluding carboxylic acids is 1. The van der Waals surface area contributed by atoms with Crippen LogP contribution in [0.3, 0.4) is 0 Å². The lowest BCUT2D eigenvalue weighted by Gasteiger charge is -2.15. The molecule has 0 saturated heterocycles. The first-order valence-electron chi connectivity index (χ1n) is 12.8. The van der Waals surface area contributed by atoms with Crippen molar-refractivity contribution in [3.63, 3.8) is 0 Å². The van der Waals surface area contributed by atoms with Gasteiger partial charge in [-0.1, -0.05) is 46.5 Å². The van der Waals surface area contributed by atoms with Crippen LogP contribution in [-0.2, 0) is 0 Å². The van der Waals surface area contributed by atoms with E-state index in [0.717, 1.165) is 50.0 Å². The van der Waals surface area contributed by atoms with Crippen LogP contribution in [0, 0.1) is 5.92 Å². The van der Waals surface area contributed by atoms with E-state index in [-0.39, 0.29) is 5.38 Å². The van der Waals surface area contributed by atoms with Gasteiger partial charge in [0.05, 0.1) is 18.8 Å². The van der Waals surface area contributed by atoms with E-state index in [2.05, 4.69) is 20.8 Å². The first kappa shape index (κ1) is 28.0. The van der Waals surface area contributed by atoms with E-state index in [0.29, 0.717) is 30.4 Å². The van der Waals surface area contributed by atoms with Crippen molar-refractivity contribution in [3.05, 3.63) is 54.1 Å². The number of rotatable bonds is 17. The van der Waals surface area contributed by atoms with Crippen molar-refractivity contribution in [2.75, 3.05) is 13.2 Å². The first-order chi connectivity index (χ1) is 16.5. The van der Waals surface area contributed by atoms with Gasteiger partial charge in [0, 0.05) is 5.38 Å². The molecule has 5 heteroatoms. The Morgan fingerprint density at radius 2 is 1.35 bits per heavy atom. The molecule has 188 valence electrons. The minimum Gasteiger partial charge on any atom is -0.494 e. The van der Waals surface area contributed by atoms with Crippen molar-refractivity contribution in [2.24, 2.45) is 5.92 Å². The van der Waals surface area contributed by atoms with Crippen molar-refractivity contribution >= 4 is 17.6 Å². The summed E-state index contributed by atoms with van der Waals surface area (Å²) in [7, 11) is 0. The summed E-state index contributed by atoms with van der Waals surface area (Å²) in [5.74, 6) is 2.25. The van der Waals surface area contributed by atoms with E-state index in [4.69, 9.17) is 25.8 Å². The van der Waals surface area contributed by atoms with E-state index in [9.17, 15) is 4.79 Å². The lowest BCUT2D eigenvalue weighted by atomic mass is 9.98. The van der Waals surface area contributed by atoms with Crippen LogP contribution in [0.25, 0.3) is 0 Å². The third-order valence-corrected chi connectivity index (χ3v) is 6.16. The second-order valence-corrected chi connectivity index (χ2v) is 9.63. The lowest BCUT2D eigenvalue weighted by Crippen LogP contribution is -2.09. The summed E-state index contributed by atoms with van der Waals surface area (Å²) in [6.07, 6.45) is 10.0. The molecule has 0 amide bonds. The minimum atomic E-state index is -0.392. The molecule has 2 atom stereocenters. The van der Waals surface area contributed by atoms with E-state index in [1.807, 2.05) is 24.3 Å². The zero-order chi connectivity index (χ0) is 24.6. The maximum Gasteiger partial charge on any atom is 0.343 e. The molecule has 0 bridgehead atoms. The van der Waals surface area contributed by atoms with Gasteiger partial charge >= 0.3 is 5.97 Å². The van der Waals surface area contributed by atoms with E-state index in [1.165, 1.54) is 19.3 Å². The largest absolute Gasteiger partial charge is 0.494 e. The van der Waals surface area contributed by atoms with Crippen LogP contribution in [-0.4, -0.2) is 24.6 Å². The topological polar surface area (TPSA) is 44.8 Å². The van der Waals surface area contributed by atoms with Crippen molar-refractivity contribution in [3.8, 4) is 17.2 Å². The molecule has 0 fully saturated rings. The van der Waals surface area contributed by atoms with Crippen molar-refractivity contribution in [2.45, 2.75) is 83.9 Å². The molecule has 34 heavy (non-hydrogen) atoms. The second-order valence-electron chi connectivity index (χ2n) is 9.01. The molecule has 0 spiro atoms. The van der Waals surface area contributed by atoms with Gasteiger partial charge in [0.25, 0.3) is 0 Å². The Balaban J connectivity index is 1.69. The molecule has 0 aliphatic rings. The molecule has 0 N–H and O–H groups in total. The number of hydrogen-bond donors (Lipinski definition) is 0. The Morgan fingerprint density at radius 3 is 1.97 bits per heavy atom. The molecule has 2 rings (SSSR count). The number of carbonyl (C=O) groups is 1. The van der Waals surface area contributed by atoms with Gasteiger partial charge in [-0.2, -0.15) is 0 Å². The zero-order valence-electron chi connectivity index (χ0n) is 21.1. The monoisotopic (exact) mass is 488 g/mol. The highest BCUT2D eigenvalue weighted by atomic mass is 35.5. The highest BCUT2D eigenvalue weighted by Gasteiger charge is 2.11. The van der Waals surface area contributed by atoms with Crippen molar-refractivity contribution in [1.82, 2.24) is 0 Å². The van der Waals surface area contributed by atoms with Crippen LogP contribution in [0.15, 0.2) is 48.5 Å². The van der Waals surface area contributed by atoms with Crippen LogP contribution in [0.5, 0.6) is 17.2 Å². The summed E-state index contributed by atoms with van der Waals surface area (Å²) in [5.41, 5.74) is 0.487. The number of alkyl halides is 1. The number of esters is 1. The predicted molar refractivity (Wildman–Crippen MR) is 141 cm³/mol. The number of hydrogen-bond acceptors (Lipinski definition) is 4. The molecular weight excluding hydrogens is 448 g/mol. The molecule has 2 aromatic rings. The fourth-order valence-corrected chi connectivity index (χ4v) is 4.31. The summed E-state index contributed by atoms with van der Waals surface area (Å²) < 4.78 is 17.0. The molecule has 0 saturated carbocycles. The minimum absolute atomic E-state index is 0.278. The van der Waals surface area contributed by atoms with Crippen LogP contribution < -0.4 is 14.2 Å². The molecule has 0 aliphatic carbocycles. The highest BCUT2D eigenvalue weighted by Crippen LogP contribution is 2.22. The van der Waals surface area contributed by atoms with Crippen LogP contribution in [0.4, 0.5) is 0 Å². The summed E-state index contributed by atoms with van der Waals surface area (Å²) in [6, 6.07) is 14.3. The summed E-state index contributed by atoms with van der Waals surface area (Å²) in [4.78, 5) is 12.4. The normalized spacial score (nSPS) is 12.7. The smallest absolute Gasteiger partial charge is 0.343 e. The van der Waals surface area contributed by atoms with Crippen LogP contribution in [0.1, 0.15) is 88.9 Å². The third kappa shape index (κ3) is 11.3. The Kier molecular flexibility index (Phi) is 13.6. The lowest BCUT2D eigenvalue weighted by molar-refractivity contribution is 0.0734. The Hall–Kier alpha value is -2.20. The molecule has 0 radical (unpaired) electrons. The molecule has 0 aromatic heterocycles. The summed E-state index contributed by atoms with van der Waals surface area (Å²) in [5, 5.41) is 0.278. The van der Waals surface area contributed by atoms with Crippen LogP contribution in [0.2, 0.25) is 0 Å². The number of halogens is 1. The van der Waals surface area contributed by atoms with E-state index in [1.54, 1.807) is 24.3 Å². The highest BCUT2D eigenvalue weighted by molar-refractivity contribution is 6.20. The standard InChI is InChI=1S/C29H41ClO4/c1-4-6-7-8-20-32-27-16-18-28(19-17-27)34-29(31)24-12-14-26(15-13-24)33-21-9-11-23(3)22-25(30)10-5-2/h12-19,23,25H,4-11,20-22H2,1-3H3/t23?,25-/m1/s1. The maximum atomic E-state index is 12.4. The Labute approximate surface area is 210 Å². The summed E-state index contributed by atoms with van der Waals surface area (Å²) >= 11 is 6.34. The SMILES string of the molecule is CCCCCCOc1ccc(OC(=O)c2ccc(OCCCC(C)C[C@H](Cl)CCC)cc2)cc1. The molecule has 2 aromatic carbocycles. The Bertz CT molecular complexity index is 804. The van der Waals surface area contributed by atoms with Gasteiger partial charge in [-0.25, -0.2) is 4.79 Å². The fourth-order valence-electron chi connectivity index (χ4n) is 3.78. The van der Waals surface area contributed by atoms with Gasteiger partial charge in [-0.05, 0) is 86.6 Å². The maximum absolute atomic E-state index is 12.4. The van der Waals surface area contributed by atoms with Crippen LogP contribution >= 0.6 is 11.6 Å². The molecular formula is C29H41ClO4. The van der Waals surface area contributed by atoms with E-state index < -0.39 is 5.97 Å². The van der Waals surface area contributed by atoms with Crippen molar-refractivity contribution in [1.29, 1.82) is 0 Å². The summed E-state index contributed by atoms with van der Waals surface area (Å²) in [6.45, 7) is 7.97. The average Bonchev–Trinajstić information content (AvgIpc) is 2.83. The van der Waals surface area contributed by atoms with Crippen molar-refractivity contribution < 1.29 is 19.0 Å². The van der Waals surface area contributed by atoms with E-state index >= 15 is 0 Å². The number of benzene rings is 2. The molecule has 1 unspecified atom stereocenters. The molecule has 0 aliphatic heterocycles. The number of ether oxygens (including phenoxy) is 3. The third-order valence-electron chi connectivity index (χ3n) is 5.76. The molecule has 4 nitrogen and oxygen atoms in total. The van der Waals surface area contributed by atoms with Gasteiger partial charge in [0.2, 0.25) is 0 Å². The van der Waals surface area contributed by atoms with Gasteiger partial charge < -0.3 is 14.2 Å². The molecule has 0 heterocycles. The van der Waals surface area contributed by atoms with Gasteiger partial charge in [-0.3, -0.25) is 0 Å². The fraction of sp³-hybridized carbons (Fsp3) is 0.552. The zero-order valence-corrected chi connectivity index (χ0v) is 21.8. The predicted octanol–water partition coefficient (Wildman–Crippen LogP) is 8.46. The van der Waals surface area contributed by atoms with Gasteiger partial charge in [0.1, 0.15) is 17.2 Å². The average molecular weight is 489 g/mol. The Morgan fingerprint density at radius 1 is 0.765 bits per heavy atom. The first-order valence-corrected chi connectivity index (χ1v) is 13.3. The number of unbranched alkanes of at least 4 members (excludes halogenated alkanes) is 3. The quantitative estimate of drug-likeness (QED) is 0.0969.